The Morgan fingerprint density at radius 2 is 2.04 bits per heavy atom. The van der Waals surface area contributed by atoms with Crippen molar-refractivity contribution >= 4 is 34.8 Å². The average Bonchev–Trinajstić information content (AvgIpc) is 2.97. The van der Waals surface area contributed by atoms with Gasteiger partial charge in [-0.05, 0) is 36.8 Å². The zero-order valence-corrected chi connectivity index (χ0v) is 14.8. The Labute approximate surface area is 151 Å². The maximum absolute atomic E-state index is 12.5. The van der Waals surface area contributed by atoms with Crippen molar-refractivity contribution in [2.75, 3.05) is 23.9 Å². The smallest absolute Gasteiger partial charge is 0.229 e. The van der Waals surface area contributed by atoms with Gasteiger partial charge in [0.05, 0.1) is 18.1 Å². The van der Waals surface area contributed by atoms with Crippen LogP contribution in [0.2, 0.25) is 5.02 Å². The highest BCUT2D eigenvalue weighted by Gasteiger charge is 2.35. The van der Waals surface area contributed by atoms with Crippen LogP contribution in [0, 0.1) is 12.8 Å². The predicted molar refractivity (Wildman–Crippen MR) is 98.3 cm³/mol. The van der Waals surface area contributed by atoms with E-state index in [1.807, 2.05) is 31.2 Å². The second kappa shape index (κ2) is 7.15. The number of rotatable bonds is 4. The minimum atomic E-state index is -0.395. The summed E-state index contributed by atoms with van der Waals surface area (Å²) in [6, 6.07) is 12.7. The minimum Gasteiger partial charge on any atom is -0.495 e. The summed E-state index contributed by atoms with van der Waals surface area (Å²) < 4.78 is 5.10. The van der Waals surface area contributed by atoms with E-state index in [2.05, 4.69) is 5.32 Å². The molecule has 1 N–H and O–H groups in total. The van der Waals surface area contributed by atoms with Crippen LogP contribution in [0.3, 0.4) is 0 Å². The molecule has 0 radical (unpaired) electrons. The van der Waals surface area contributed by atoms with Gasteiger partial charge in [-0.2, -0.15) is 0 Å². The highest BCUT2D eigenvalue weighted by atomic mass is 35.5. The van der Waals surface area contributed by atoms with Gasteiger partial charge in [-0.25, -0.2) is 0 Å². The van der Waals surface area contributed by atoms with Crippen LogP contribution >= 0.6 is 11.6 Å². The lowest BCUT2D eigenvalue weighted by atomic mass is 10.1. The maximum atomic E-state index is 12.5. The van der Waals surface area contributed by atoms with Crippen molar-refractivity contribution in [2.45, 2.75) is 13.3 Å². The number of nitrogens with zero attached hydrogens (tertiary/aromatic N) is 1. The number of carbonyl (C=O) groups excluding carboxylic acids is 2. The van der Waals surface area contributed by atoms with E-state index in [0.717, 1.165) is 11.3 Å². The van der Waals surface area contributed by atoms with Crippen molar-refractivity contribution in [3.8, 4) is 5.75 Å². The first kappa shape index (κ1) is 17.3. The number of para-hydroxylation sites is 1. The fraction of sp³-hybridized carbons (Fsp3) is 0.263. The molecule has 2 amide bonds. The fourth-order valence-electron chi connectivity index (χ4n) is 2.97. The van der Waals surface area contributed by atoms with Gasteiger partial charge in [0.25, 0.3) is 0 Å². The normalized spacial score (nSPS) is 16.8. The Morgan fingerprint density at radius 1 is 1.28 bits per heavy atom. The lowest BCUT2D eigenvalue weighted by molar-refractivity contribution is -0.122. The van der Waals surface area contributed by atoms with Crippen molar-refractivity contribution in [3.05, 3.63) is 53.1 Å². The summed E-state index contributed by atoms with van der Waals surface area (Å²) in [4.78, 5) is 26.5. The zero-order valence-electron chi connectivity index (χ0n) is 14.1. The molecule has 0 aromatic heterocycles. The van der Waals surface area contributed by atoms with Gasteiger partial charge in [-0.3, -0.25) is 9.59 Å². The third-order valence-electron chi connectivity index (χ3n) is 4.32. The molecule has 0 aliphatic carbocycles. The Bertz CT molecular complexity index is 822. The van der Waals surface area contributed by atoms with Crippen LogP contribution in [0.5, 0.6) is 5.75 Å². The number of ether oxygens (including phenoxy) is 1. The summed E-state index contributed by atoms with van der Waals surface area (Å²) >= 11 is 6.08. The Hall–Kier alpha value is -2.53. The largest absolute Gasteiger partial charge is 0.495 e. The first-order valence-electron chi connectivity index (χ1n) is 8.00. The van der Waals surface area contributed by atoms with Crippen LogP contribution in [0.1, 0.15) is 12.0 Å². The zero-order chi connectivity index (χ0) is 18.0. The molecular weight excluding hydrogens is 340 g/mol. The first-order valence-corrected chi connectivity index (χ1v) is 8.38. The van der Waals surface area contributed by atoms with Crippen molar-refractivity contribution in [2.24, 2.45) is 5.92 Å². The second-order valence-electron chi connectivity index (χ2n) is 6.03. The number of anilines is 2. The van der Waals surface area contributed by atoms with Gasteiger partial charge >= 0.3 is 0 Å². The van der Waals surface area contributed by atoms with E-state index in [9.17, 15) is 9.59 Å². The molecule has 0 bridgehead atoms. The molecular formula is C19H19ClN2O3. The van der Waals surface area contributed by atoms with Crippen molar-refractivity contribution in [3.63, 3.8) is 0 Å². The second-order valence-corrected chi connectivity index (χ2v) is 6.44. The lowest BCUT2D eigenvalue weighted by Gasteiger charge is -2.19. The van der Waals surface area contributed by atoms with Gasteiger partial charge in [0.2, 0.25) is 11.8 Å². The molecule has 1 heterocycles. The summed E-state index contributed by atoms with van der Waals surface area (Å²) in [5.74, 6) is -0.0812. The molecule has 6 heteroatoms. The molecule has 1 atom stereocenters. The Kier molecular flexibility index (Phi) is 4.95. The molecule has 1 saturated heterocycles. The highest BCUT2D eigenvalue weighted by molar-refractivity contribution is 6.32. The molecule has 2 aromatic carbocycles. The van der Waals surface area contributed by atoms with Gasteiger partial charge < -0.3 is 15.0 Å². The van der Waals surface area contributed by atoms with Crippen LogP contribution in [0.25, 0.3) is 0 Å². The van der Waals surface area contributed by atoms with Crippen LogP contribution in [-0.4, -0.2) is 25.5 Å². The molecule has 0 saturated carbocycles. The number of hydrogen-bond donors (Lipinski definition) is 1. The molecule has 5 nitrogen and oxygen atoms in total. The van der Waals surface area contributed by atoms with E-state index in [0.29, 0.717) is 23.0 Å². The monoisotopic (exact) mass is 358 g/mol. The van der Waals surface area contributed by atoms with Crippen molar-refractivity contribution in [1.82, 2.24) is 0 Å². The van der Waals surface area contributed by atoms with Crippen LogP contribution in [0.4, 0.5) is 11.4 Å². The first-order chi connectivity index (χ1) is 12.0. The molecule has 130 valence electrons. The number of aryl methyl sites for hydroxylation is 1. The van der Waals surface area contributed by atoms with Crippen LogP contribution in [-0.2, 0) is 9.59 Å². The fourth-order valence-corrected chi connectivity index (χ4v) is 3.23. The summed E-state index contributed by atoms with van der Waals surface area (Å²) in [6.07, 6.45) is 0.198. The van der Waals surface area contributed by atoms with Crippen molar-refractivity contribution < 1.29 is 14.3 Å². The molecule has 2 aromatic rings. The number of amides is 2. The maximum Gasteiger partial charge on any atom is 0.229 e. The topological polar surface area (TPSA) is 58.6 Å². The molecule has 0 spiro atoms. The van der Waals surface area contributed by atoms with Crippen LogP contribution < -0.4 is 15.0 Å². The van der Waals surface area contributed by atoms with Crippen LogP contribution in [0.15, 0.2) is 42.5 Å². The predicted octanol–water partition coefficient (Wildman–Crippen LogP) is 3.65. The van der Waals surface area contributed by atoms with E-state index >= 15 is 0 Å². The Balaban J connectivity index is 1.71. The Morgan fingerprint density at radius 3 is 2.72 bits per heavy atom. The standard InChI is InChI=1S/C19H19ClN2O3/c1-12-5-3-4-6-16(12)22-11-13(9-18(22)23)19(24)21-14-7-8-17(25-2)15(20)10-14/h3-8,10,13H,9,11H2,1-2H3,(H,21,24). The molecule has 1 unspecified atom stereocenters. The molecule has 1 fully saturated rings. The summed E-state index contributed by atoms with van der Waals surface area (Å²) in [5, 5.41) is 3.25. The van der Waals surface area contributed by atoms with Gasteiger partial charge in [0.1, 0.15) is 5.75 Å². The molecule has 1 aliphatic rings. The van der Waals surface area contributed by atoms with Gasteiger partial charge in [0, 0.05) is 24.3 Å². The quantitative estimate of drug-likeness (QED) is 0.907. The summed E-state index contributed by atoms with van der Waals surface area (Å²) in [5.41, 5.74) is 2.45. The van der Waals surface area contributed by atoms with E-state index in [-0.39, 0.29) is 18.2 Å². The van der Waals surface area contributed by atoms with Gasteiger partial charge in [-0.1, -0.05) is 29.8 Å². The van der Waals surface area contributed by atoms with E-state index in [1.54, 1.807) is 23.1 Å². The minimum absolute atomic E-state index is 0.0396. The van der Waals surface area contributed by atoms with Gasteiger partial charge in [0.15, 0.2) is 0 Å². The SMILES string of the molecule is COc1ccc(NC(=O)C2CC(=O)N(c3ccccc3C)C2)cc1Cl. The molecule has 1 aliphatic heterocycles. The lowest BCUT2D eigenvalue weighted by Crippen LogP contribution is -2.28. The number of carbonyl (C=O) groups is 2. The molecule has 25 heavy (non-hydrogen) atoms. The van der Waals surface area contributed by atoms with Crippen molar-refractivity contribution in [1.29, 1.82) is 0 Å². The highest BCUT2D eigenvalue weighted by Crippen LogP contribution is 2.30. The molecule has 3 rings (SSSR count). The number of hydrogen-bond acceptors (Lipinski definition) is 3. The van der Waals surface area contributed by atoms with E-state index in [1.165, 1.54) is 7.11 Å². The third-order valence-corrected chi connectivity index (χ3v) is 4.62. The van der Waals surface area contributed by atoms with E-state index < -0.39 is 5.92 Å². The number of halogens is 1. The van der Waals surface area contributed by atoms with E-state index in [4.69, 9.17) is 16.3 Å². The number of benzene rings is 2. The summed E-state index contributed by atoms with van der Waals surface area (Å²) in [7, 11) is 1.53. The number of methoxy groups -OCH3 is 1. The third kappa shape index (κ3) is 3.61. The average molecular weight is 359 g/mol. The summed E-state index contributed by atoms with van der Waals surface area (Å²) in [6.45, 7) is 2.33. The number of nitrogens with one attached hydrogen (secondary N) is 1. The van der Waals surface area contributed by atoms with Gasteiger partial charge in [-0.15, -0.1) is 0 Å².